The van der Waals surface area contributed by atoms with Crippen molar-refractivity contribution in [2.75, 3.05) is 12.1 Å². The van der Waals surface area contributed by atoms with Gasteiger partial charge in [0.2, 0.25) is 12.7 Å². The van der Waals surface area contributed by atoms with Crippen molar-refractivity contribution in [3.05, 3.63) is 53.6 Å². The minimum Gasteiger partial charge on any atom is -0.454 e. The van der Waals surface area contributed by atoms with Crippen molar-refractivity contribution in [1.82, 2.24) is 5.43 Å². The summed E-state index contributed by atoms with van der Waals surface area (Å²) >= 11 is 0. The van der Waals surface area contributed by atoms with Gasteiger partial charge >= 0.3 is 0 Å². The number of amides is 2. The molecule has 2 aromatic carbocycles. The van der Waals surface area contributed by atoms with Crippen LogP contribution >= 0.6 is 0 Å². The highest BCUT2D eigenvalue weighted by Crippen LogP contribution is 2.32. The van der Waals surface area contributed by atoms with E-state index in [2.05, 4.69) is 15.8 Å². The Kier molecular flexibility index (Phi) is 5.97. The van der Waals surface area contributed by atoms with Crippen LogP contribution in [-0.2, 0) is 4.79 Å². The Bertz CT molecular complexity index is 963. The molecule has 2 aromatic rings. The number of carbonyl (C=O) groups is 2. The van der Waals surface area contributed by atoms with Crippen LogP contribution in [0, 0.1) is 5.92 Å². The standard InChI is InChI=1S/C23H25N3O4/c1-15(25-26-23(28)18-9-12-20-21(13-18)30-14-29-20)16-7-10-19(11-8-16)24-22(27)17-5-3-2-4-6-17/h7-13,17H,2-6,14H2,1H3,(H,24,27)(H,26,28)/b25-15-. The van der Waals surface area contributed by atoms with Crippen LogP contribution in [0.1, 0.15) is 54.9 Å². The lowest BCUT2D eigenvalue weighted by molar-refractivity contribution is -0.120. The highest BCUT2D eigenvalue weighted by atomic mass is 16.7. The summed E-state index contributed by atoms with van der Waals surface area (Å²) in [7, 11) is 0. The van der Waals surface area contributed by atoms with Crippen LogP contribution in [-0.4, -0.2) is 24.3 Å². The summed E-state index contributed by atoms with van der Waals surface area (Å²) in [5.74, 6) is 1.07. The molecule has 0 bridgehead atoms. The Hall–Kier alpha value is -3.35. The van der Waals surface area contributed by atoms with Crippen molar-refractivity contribution >= 4 is 23.2 Å². The molecule has 2 aliphatic rings. The molecule has 0 aromatic heterocycles. The summed E-state index contributed by atoms with van der Waals surface area (Å²) in [5, 5.41) is 7.19. The molecule has 156 valence electrons. The number of fused-ring (bicyclic) bond motifs is 1. The number of rotatable bonds is 5. The van der Waals surface area contributed by atoms with Gasteiger partial charge in [-0.05, 0) is 55.7 Å². The summed E-state index contributed by atoms with van der Waals surface area (Å²) in [6.07, 6.45) is 5.43. The van der Waals surface area contributed by atoms with Crippen LogP contribution in [0.5, 0.6) is 11.5 Å². The van der Waals surface area contributed by atoms with Gasteiger partial charge in [-0.2, -0.15) is 5.10 Å². The van der Waals surface area contributed by atoms with Crippen LogP contribution in [0.4, 0.5) is 5.69 Å². The SMILES string of the molecule is C/C(=N/NC(=O)c1ccc2c(c1)OCO2)c1ccc(NC(=O)C2CCCCC2)cc1. The molecule has 1 heterocycles. The zero-order valence-electron chi connectivity index (χ0n) is 16.9. The number of carbonyl (C=O) groups excluding carboxylic acids is 2. The molecule has 0 radical (unpaired) electrons. The fourth-order valence-electron chi connectivity index (χ4n) is 3.71. The molecular weight excluding hydrogens is 382 g/mol. The first-order valence-electron chi connectivity index (χ1n) is 10.3. The van der Waals surface area contributed by atoms with E-state index in [0.717, 1.165) is 36.9 Å². The van der Waals surface area contributed by atoms with E-state index in [1.165, 1.54) is 6.42 Å². The van der Waals surface area contributed by atoms with Crippen LogP contribution in [0.3, 0.4) is 0 Å². The van der Waals surface area contributed by atoms with Gasteiger partial charge in [0, 0.05) is 17.2 Å². The molecule has 0 unspecified atom stereocenters. The van der Waals surface area contributed by atoms with E-state index in [1.807, 2.05) is 31.2 Å². The topological polar surface area (TPSA) is 89.0 Å². The van der Waals surface area contributed by atoms with Gasteiger partial charge in [-0.3, -0.25) is 9.59 Å². The lowest BCUT2D eigenvalue weighted by atomic mass is 9.88. The summed E-state index contributed by atoms with van der Waals surface area (Å²) in [4.78, 5) is 24.7. The quantitative estimate of drug-likeness (QED) is 0.577. The molecule has 2 amide bonds. The molecule has 7 heteroatoms. The molecule has 30 heavy (non-hydrogen) atoms. The first-order chi connectivity index (χ1) is 14.6. The van der Waals surface area contributed by atoms with Crippen LogP contribution in [0.25, 0.3) is 0 Å². The summed E-state index contributed by atoms with van der Waals surface area (Å²) in [5.41, 5.74) is 5.29. The van der Waals surface area contributed by atoms with Gasteiger partial charge in [-0.1, -0.05) is 31.4 Å². The Labute approximate surface area is 175 Å². The number of hydrogen-bond acceptors (Lipinski definition) is 5. The molecule has 1 fully saturated rings. The lowest BCUT2D eigenvalue weighted by Gasteiger charge is -2.20. The average Bonchev–Trinajstić information content (AvgIpc) is 3.26. The molecule has 1 aliphatic carbocycles. The third-order valence-electron chi connectivity index (χ3n) is 5.51. The third-order valence-corrected chi connectivity index (χ3v) is 5.51. The molecule has 0 atom stereocenters. The average molecular weight is 407 g/mol. The molecule has 7 nitrogen and oxygen atoms in total. The largest absolute Gasteiger partial charge is 0.454 e. The predicted octanol–water partition coefficient (Wildman–Crippen LogP) is 4.09. The van der Waals surface area contributed by atoms with Crippen molar-refractivity contribution < 1.29 is 19.1 Å². The van der Waals surface area contributed by atoms with Gasteiger partial charge in [0.15, 0.2) is 11.5 Å². The number of nitrogens with zero attached hydrogens (tertiary/aromatic N) is 1. The second-order valence-electron chi connectivity index (χ2n) is 7.61. The fourth-order valence-corrected chi connectivity index (χ4v) is 3.71. The van der Waals surface area contributed by atoms with E-state index in [4.69, 9.17) is 9.47 Å². The minimum absolute atomic E-state index is 0.101. The predicted molar refractivity (Wildman–Crippen MR) is 114 cm³/mol. The number of hydrazone groups is 1. The van der Waals surface area contributed by atoms with Gasteiger partial charge in [-0.25, -0.2) is 5.43 Å². The summed E-state index contributed by atoms with van der Waals surface area (Å²) in [6.45, 7) is 1.98. The van der Waals surface area contributed by atoms with Crippen molar-refractivity contribution in [2.24, 2.45) is 11.0 Å². The van der Waals surface area contributed by atoms with E-state index in [0.29, 0.717) is 22.8 Å². The van der Waals surface area contributed by atoms with Crippen molar-refractivity contribution in [1.29, 1.82) is 0 Å². The lowest BCUT2D eigenvalue weighted by Crippen LogP contribution is -2.24. The second-order valence-corrected chi connectivity index (χ2v) is 7.61. The van der Waals surface area contributed by atoms with E-state index >= 15 is 0 Å². The summed E-state index contributed by atoms with van der Waals surface area (Å²) < 4.78 is 10.5. The Morgan fingerprint density at radius 3 is 2.40 bits per heavy atom. The first kappa shape index (κ1) is 19.9. The van der Waals surface area contributed by atoms with Gasteiger partial charge in [0.1, 0.15) is 0 Å². The van der Waals surface area contributed by atoms with Crippen LogP contribution < -0.4 is 20.2 Å². The van der Waals surface area contributed by atoms with Gasteiger partial charge in [0.05, 0.1) is 5.71 Å². The molecular formula is C23H25N3O4. The number of nitrogens with one attached hydrogen (secondary N) is 2. The smallest absolute Gasteiger partial charge is 0.271 e. The van der Waals surface area contributed by atoms with Crippen molar-refractivity contribution in [3.63, 3.8) is 0 Å². The maximum absolute atomic E-state index is 12.4. The second kappa shape index (κ2) is 8.98. The Morgan fingerprint density at radius 1 is 0.933 bits per heavy atom. The van der Waals surface area contributed by atoms with Crippen molar-refractivity contribution in [2.45, 2.75) is 39.0 Å². The number of benzene rings is 2. The highest BCUT2D eigenvalue weighted by molar-refractivity contribution is 6.01. The monoisotopic (exact) mass is 407 g/mol. The maximum Gasteiger partial charge on any atom is 0.271 e. The molecule has 1 saturated carbocycles. The van der Waals surface area contributed by atoms with E-state index < -0.39 is 0 Å². The zero-order valence-corrected chi connectivity index (χ0v) is 16.9. The van der Waals surface area contributed by atoms with E-state index in [1.54, 1.807) is 18.2 Å². The molecule has 2 N–H and O–H groups in total. The number of anilines is 1. The fraction of sp³-hybridized carbons (Fsp3) is 0.348. The minimum atomic E-state index is -0.330. The van der Waals surface area contributed by atoms with Crippen molar-refractivity contribution in [3.8, 4) is 11.5 Å². The molecule has 1 aliphatic heterocycles. The Morgan fingerprint density at radius 2 is 1.63 bits per heavy atom. The van der Waals surface area contributed by atoms with E-state index in [9.17, 15) is 9.59 Å². The molecule has 0 saturated heterocycles. The zero-order chi connectivity index (χ0) is 20.9. The third kappa shape index (κ3) is 4.62. The highest BCUT2D eigenvalue weighted by Gasteiger charge is 2.21. The maximum atomic E-state index is 12.4. The first-order valence-corrected chi connectivity index (χ1v) is 10.3. The molecule has 4 rings (SSSR count). The van der Waals surface area contributed by atoms with Crippen LogP contribution in [0.2, 0.25) is 0 Å². The van der Waals surface area contributed by atoms with Crippen LogP contribution in [0.15, 0.2) is 47.6 Å². The van der Waals surface area contributed by atoms with Gasteiger partial charge in [0.25, 0.3) is 5.91 Å². The van der Waals surface area contributed by atoms with Gasteiger partial charge < -0.3 is 14.8 Å². The normalized spacial score (nSPS) is 16.2. The Balaban J connectivity index is 1.34. The number of ether oxygens (including phenoxy) is 2. The van der Waals surface area contributed by atoms with Gasteiger partial charge in [-0.15, -0.1) is 0 Å². The number of hydrogen-bond donors (Lipinski definition) is 2. The summed E-state index contributed by atoms with van der Waals surface area (Å²) in [6, 6.07) is 12.5. The molecule has 0 spiro atoms. The van der Waals surface area contributed by atoms with E-state index in [-0.39, 0.29) is 24.5 Å².